The quantitative estimate of drug-likeness (QED) is 0.825. The second-order valence-corrected chi connectivity index (χ2v) is 5.72. The number of nitrogens with zero attached hydrogens (tertiary/aromatic N) is 3. The van der Waals surface area contributed by atoms with Crippen molar-refractivity contribution in [2.24, 2.45) is 0 Å². The van der Waals surface area contributed by atoms with Gasteiger partial charge in [0.2, 0.25) is 0 Å². The van der Waals surface area contributed by atoms with E-state index in [-0.39, 0.29) is 5.41 Å². The molecule has 0 amide bonds. The van der Waals surface area contributed by atoms with Gasteiger partial charge in [-0.15, -0.1) is 11.3 Å². The number of aromatic nitrogens is 2. The second kappa shape index (κ2) is 4.18. The van der Waals surface area contributed by atoms with Gasteiger partial charge in [0.25, 0.3) is 0 Å². The molecule has 1 fully saturated rings. The highest BCUT2D eigenvalue weighted by atomic mass is 32.1. The van der Waals surface area contributed by atoms with E-state index < -0.39 is 0 Å². The van der Waals surface area contributed by atoms with Crippen LogP contribution in [0.4, 0.5) is 0 Å². The van der Waals surface area contributed by atoms with Crippen molar-refractivity contribution in [3.8, 4) is 16.6 Å². The predicted molar refractivity (Wildman–Crippen MR) is 71.2 cm³/mol. The standard InChI is InChI=1S/C14H13N3S/c1-10-12(14(9-15)5-2-6-14)18-13(17-10)11-3-7-16-8-4-11/h3-4,7-8H,2,5-6H2,1H3. The van der Waals surface area contributed by atoms with Crippen LogP contribution in [0.5, 0.6) is 0 Å². The fourth-order valence-corrected chi connectivity index (χ4v) is 3.65. The minimum Gasteiger partial charge on any atom is -0.265 e. The first kappa shape index (κ1) is 11.4. The summed E-state index contributed by atoms with van der Waals surface area (Å²) < 4.78 is 0. The summed E-state index contributed by atoms with van der Waals surface area (Å²) in [6.45, 7) is 2.01. The molecule has 2 heterocycles. The van der Waals surface area contributed by atoms with Crippen LogP contribution in [0.3, 0.4) is 0 Å². The van der Waals surface area contributed by atoms with Crippen LogP contribution in [-0.4, -0.2) is 9.97 Å². The molecule has 0 N–H and O–H groups in total. The Labute approximate surface area is 110 Å². The van der Waals surface area contributed by atoms with Crippen molar-refractivity contribution in [3.63, 3.8) is 0 Å². The minimum absolute atomic E-state index is 0.257. The van der Waals surface area contributed by atoms with E-state index in [4.69, 9.17) is 0 Å². The van der Waals surface area contributed by atoms with Gasteiger partial charge in [-0.3, -0.25) is 4.98 Å². The third kappa shape index (κ3) is 1.63. The van der Waals surface area contributed by atoms with Crippen molar-refractivity contribution in [1.82, 2.24) is 9.97 Å². The van der Waals surface area contributed by atoms with Gasteiger partial charge in [-0.1, -0.05) is 0 Å². The van der Waals surface area contributed by atoms with Crippen LogP contribution in [0.2, 0.25) is 0 Å². The van der Waals surface area contributed by atoms with Crippen LogP contribution in [-0.2, 0) is 5.41 Å². The number of thiazole rings is 1. The molecule has 3 rings (SSSR count). The van der Waals surface area contributed by atoms with Gasteiger partial charge in [0, 0.05) is 22.8 Å². The second-order valence-electron chi connectivity index (χ2n) is 4.72. The topological polar surface area (TPSA) is 49.6 Å². The molecule has 0 saturated heterocycles. The number of hydrogen-bond donors (Lipinski definition) is 0. The van der Waals surface area contributed by atoms with E-state index >= 15 is 0 Å². The molecule has 2 aromatic rings. The summed E-state index contributed by atoms with van der Waals surface area (Å²) in [7, 11) is 0. The van der Waals surface area contributed by atoms with Crippen molar-refractivity contribution in [1.29, 1.82) is 5.26 Å². The van der Waals surface area contributed by atoms with Crippen LogP contribution in [0.1, 0.15) is 29.8 Å². The molecule has 2 aromatic heterocycles. The molecule has 1 aliphatic carbocycles. The van der Waals surface area contributed by atoms with Gasteiger partial charge in [0.05, 0.1) is 17.2 Å². The first-order valence-electron chi connectivity index (χ1n) is 6.05. The molecular weight excluding hydrogens is 242 g/mol. The van der Waals surface area contributed by atoms with Gasteiger partial charge in [-0.05, 0) is 38.3 Å². The Morgan fingerprint density at radius 3 is 2.61 bits per heavy atom. The summed E-state index contributed by atoms with van der Waals surface area (Å²) >= 11 is 1.66. The maximum Gasteiger partial charge on any atom is 0.124 e. The lowest BCUT2D eigenvalue weighted by molar-refractivity contribution is 0.328. The monoisotopic (exact) mass is 255 g/mol. The SMILES string of the molecule is Cc1nc(-c2ccncc2)sc1C1(C#N)CCC1. The van der Waals surface area contributed by atoms with Crippen molar-refractivity contribution in [3.05, 3.63) is 35.1 Å². The van der Waals surface area contributed by atoms with E-state index in [0.717, 1.165) is 40.4 Å². The molecule has 1 saturated carbocycles. The maximum atomic E-state index is 9.41. The molecule has 3 nitrogen and oxygen atoms in total. The molecule has 0 spiro atoms. The minimum atomic E-state index is -0.257. The van der Waals surface area contributed by atoms with Gasteiger partial charge in [0.15, 0.2) is 0 Å². The van der Waals surface area contributed by atoms with Crippen LogP contribution in [0.25, 0.3) is 10.6 Å². The highest BCUT2D eigenvalue weighted by molar-refractivity contribution is 7.15. The van der Waals surface area contributed by atoms with E-state index in [9.17, 15) is 5.26 Å². The third-order valence-electron chi connectivity index (χ3n) is 3.58. The number of pyridine rings is 1. The Bertz CT molecular complexity index is 606. The molecule has 0 atom stereocenters. The normalized spacial score (nSPS) is 16.9. The van der Waals surface area contributed by atoms with E-state index in [1.165, 1.54) is 0 Å². The molecule has 90 valence electrons. The Morgan fingerprint density at radius 2 is 2.06 bits per heavy atom. The highest BCUT2D eigenvalue weighted by Crippen LogP contribution is 2.47. The first-order chi connectivity index (χ1) is 8.75. The summed E-state index contributed by atoms with van der Waals surface area (Å²) in [5.74, 6) is 0. The summed E-state index contributed by atoms with van der Waals surface area (Å²) in [5.41, 5.74) is 1.83. The molecule has 0 unspecified atom stereocenters. The molecule has 0 aromatic carbocycles. The smallest absolute Gasteiger partial charge is 0.124 e. The Hall–Kier alpha value is -1.73. The lowest BCUT2D eigenvalue weighted by atomic mass is 9.68. The van der Waals surface area contributed by atoms with E-state index in [0.29, 0.717) is 0 Å². The highest BCUT2D eigenvalue weighted by Gasteiger charge is 2.42. The van der Waals surface area contributed by atoms with Crippen molar-refractivity contribution in [2.45, 2.75) is 31.6 Å². The lowest BCUT2D eigenvalue weighted by Crippen LogP contribution is -2.31. The maximum absolute atomic E-state index is 9.41. The zero-order valence-electron chi connectivity index (χ0n) is 10.2. The van der Waals surface area contributed by atoms with Gasteiger partial charge < -0.3 is 0 Å². The molecule has 18 heavy (non-hydrogen) atoms. The number of hydrogen-bond acceptors (Lipinski definition) is 4. The van der Waals surface area contributed by atoms with Gasteiger partial charge in [0.1, 0.15) is 5.01 Å². The molecule has 0 bridgehead atoms. The van der Waals surface area contributed by atoms with Crippen molar-refractivity contribution in [2.75, 3.05) is 0 Å². The van der Waals surface area contributed by atoms with Crippen LogP contribution in [0.15, 0.2) is 24.5 Å². The van der Waals surface area contributed by atoms with E-state index in [1.807, 2.05) is 19.1 Å². The number of nitriles is 1. The Morgan fingerprint density at radius 1 is 1.33 bits per heavy atom. The van der Waals surface area contributed by atoms with Gasteiger partial charge >= 0.3 is 0 Å². The van der Waals surface area contributed by atoms with Crippen molar-refractivity contribution >= 4 is 11.3 Å². The zero-order chi connectivity index (χ0) is 12.6. The molecular formula is C14H13N3S. The summed E-state index contributed by atoms with van der Waals surface area (Å²) in [6.07, 6.45) is 6.64. The fraction of sp³-hybridized carbons (Fsp3) is 0.357. The lowest BCUT2D eigenvalue weighted by Gasteiger charge is -2.34. The molecule has 4 heteroatoms. The first-order valence-corrected chi connectivity index (χ1v) is 6.86. The van der Waals surface area contributed by atoms with Crippen LogP contribution < -0.4 is 0 Å². The third-order valence-corrected chi connectivity index (χ3v) is 4.99. The largest absolute Gasteiger partial charge is 0.265 e. The molecule has 0 aliphatic heterocycles. The summed E-state index contributed by atoms with van der Waals surface area (Å²) in [6, 6.07) is 6.42. The summed E-state index contributed by atoms with van der Waals surface area (Å²) in [5, 5.41) is 10.4. The number of rotatable bonds is 2. The molecule has 1 aliphatic rings. The van der Waals surface area contributed by atoms with Gasteiger partial charge in [-0.25, -0.2) is 4.98 Å². The predicted octanol–water partition coefficient (Wildman–Crippen LogP) is 3.46. The van der Waals surface area contributed by atoms with E-state index in [1.54, 1.807) is 23.7 Å². The Kier molecular flexibility index (Phi) is 2.64. The van der Waals surface area contributed by atoms with E-state index in [2.05, 4.69) is 16.0 Å². The number of aryl methyl sites for hydroxylation is 1. The average molecular weight is 255 g/mol. The molecule has 0 radical (unpaired) electrons. The zero-order valence-corrected chi connectivity index (χ0v) is 11.0. The van der Waals surface area contributed by atoms with Crippen LogP contribution in [0, 0.1) is 18.3 Å². The Balaban J connectivity index is 2.05. The van der Waals surface area contributed by atoms with Crippen molar-refractivity contribution < 1.29 is 0 Å². The van der Waals surface area contributed by atoms with Gasteiger partial charge in [-0.2, -0.15) is 5.26 Å². The fourth-order valence-electron chi connectivity index (χ4n) is 2.38. The average Bonchev–Trinajstić information content (AvgIpc) is 2.73. The van der Waals surface area contributed by atoms with Crippen LogP contribution >= 0.6 is 11.3 Å². The summed E-state index contributed by atoms with van der Waals surface area (Å²) in [4.78, 5) is 9.79.